The van der Waals surface area contributed by atoms with E-state index < -0.39 is 0 Å². The molecule has 1 aliphatic rings. The van der Waals surface area contributed by atoms with Gasteiger partial charge in [0.2, 0.25) is 5.91 Å². The summed E-state index contributed by atoms with van der Waals surface area (Å²) in [7, 11) is 0. The van der Waals surface area contributed by atoms with E-state index in [1.54, 1.807) is 0 Å². The molecule has 2 rings (SSSR count). The van der Waals surface area contributed by atoms with E-state index >= 15 is 0 Å². The summed E-state index contributed by atoms with van der Waals surface area (Å²) in [5.74, 6) is 0.761. The maximum atomic E-state index is 12.8. The summed E-state index contributed by atoms with van der Waals surface area (Å²) < 4.78 is 1.07. The third-order valence-corrected chi connectivity index (χ3v) is 5.11. The molecule has 24 heavy (non-hydrogen) atoms. The minimum absolute atomic E-state index is 0. The summed E-state index contributed by atoms with van der Waals surface area (Å²) in [6.45, 7) is 4.36. The second-order valence-electron chi connectivity index (χ2n) is 7.28. The van der Waals surface area contributed by atoms with E-state index in [9.17, 15) is 4.79 Å². The summed E-state index contributed by atoms with van der Waals surface area (Å²) >= 11 is 3.51. The highest BCUT2D eigenvalue weighted by molar-refractivity contribution is 9.10. The van der Waals surface area contributed by atoms with Crippen LogP contribution in [-0.2, 0) is 11.2 Å². The molecular weight excluding hydrogens is 388 g/mol. The number of nitrogens with one attached hydrogen (secondary N) is 1. The molecule has 1 fully saturated rings. The number of carbonyl (C=O) groups excluding carboxylic acids is 1. The van der Waals surface area contributed by atoms with E-state index in [0.29, 0.717) is 18.0 Å². The predicted molar refractivity (Wildman–Crippen MR) is 106 cm³/mol. The molecule has 1 atom stereocenters. The van der Waals surface area contributed by atoms with Gasteiger partial charge in [-0.25, -0.2) is 0 Å². The second kappa shape index (κ2) is 10.4. The molecule has 3 nitrogen and oxygen atoms in total. The van der Waals surface area contributed by atoms with E-state index in [-0.39, 0.29) is 24.2 Å². The van der Waals surface area contributed by atoms with Gasteiger partial charge in [-0.3, -0.25) is 4.79 Å². The van der Waals surface area contributed by atoms with Gasteiger partial charge in [0.15, 0.2) is 0 Å². The van der Waals surface area contributed by atoms with Crippen LogP contribution in [0.15, 0.2) is 28.7 Å². The quantitative estimate of drug-likeness (QED) is 0.718. The molecule has 136 valence electrons. The molecule has 1 saturated carbocycles. The highest BCUT2D eigenvalue weighted by Gasteiger charge is 2.25. The Labute approximate surface area is 160 Å². The lowest BCUT2D eigenvalue weighted by atomic mass is 9.88. The molecule has 0 radical (unpaired) electrons. The van der Waals surface area contributed by atoms with Crippen LogP contribution in [-0.4, -0.2) is 18.0 Å². The Morgan fingerprint density at radius 3 is 2.54 bits per heavy atom. The Kier molecular flexibility index (Phi) is 9.32. The Balaban J connectivity index is 0.00000288. The monoisotopic (exact) mass is 416 g/mol. The first kappa shape index (κ1) is 21.5. The number of carbonyl (C=O) groups is 1. The second-order valence-corrected chi connectivity index (χ2v) is 8.20. The summed E-state index contributed by atoms with van der Waals surface area (Å²) in [6.07, 6.45) is 5.79. The van der Waals surface area contributed by atoms with Crippen molar-refractivity contribution in [1.82, 2.24) is 5.32 Å². The van der Waals surface area contributed by atoms with Gasteiger partial charge in [0, 0.05) is 22.5 Å². The van der Waals surface area contributed by atoms with Crippen LogP contribution in [0.3, 0.4) is 0 Å². The molecule has 1 aromatic rings. The molecule has 5 heteroatoms. The summed E-state index contributed by atoms with van der Waals surface area (Å²) in [5.41, 5.74) is 7.17. The van der Waals surface area contributed by atoms with Crippen molar-refractivity contribution >= 4 is 34.2 Å². The molecule has 0 bridgehead atoms. The molecule has 1 aromatic carbocycles. The number of nitrogens with two attached hydrogens (primary N) is 1. The van der Waals surface area contributed by atoms with Crippen LogP contribution >= 0.6 is 28.3 Å². The first-order chi connectivity index (χ1) is 10.9. The predicted octanol–water partition coefficient (Wildman–Crippen LogP) is 4.46. The fourth-order valence-electron chi connectivity index (χ4n) is 3.38. The van der Waals surface area contributed by atoms with Gasteiger partial charge < -0.3 is 11.1 Å². The molecule has 0 saturated heterocycles. The van der Waals surface area contributed by atoms with Gasteiger partial charge in [-0.1, -0.05) is 41.9 Å². The third-order valence-electron chi connectivity index (χ3n) is 4.62. The minimum atomic E-state index is 0. The SMILES string of the molecule is CC(C)CC(Cc1cccc(Br)c1)C(=O)NC1CCC(N)CC1.Cl. The molecule has 3 N–H and O–H groups in total. The van der Waals surface area contributed by atoms with E-state index in [4.69, 9.17) is 5.73 Å². The van der Waals surface area contributed by atoms with E-state index in [2.05, 4.69) is 47.2 Å². The Hall–Kier alpha value is -0.580. The molecule has 1 aliphatic carbocycles. The van der Waals surface area contributed by atoms with E-state index in [1.807, 2.05) is 12.1 Å². The van der Waals surface area contributed by atoms with Gasteiger partial charge in [-0.15, -0.1) is 12.4 Å². The zero-order valence-corrected chi connectivity index (χ0v) is 17.0. The van der Waals surface area contributed by atoms with Gasteiger partial charge in [-0.2, -0.15) is 0 Å². The average Bonchev–Trinajstić information content (AvgIpc) is 2.48. The molecule has 0 spiro atoms. The van der Waals surface area contributed by atoms with Crippen molar-refractivity contribution in [1.29, 1.82) is 0 Å². The Morgan fingerprint density at radius 2 is 1.96 bits per heavy atom. The van der Waals surface area contributed by atoms with Gasteiger partial charge in [0.05, 0.1) is 0 Å². The van der Waals surface area contributed by atoms with Gasteiger partial charge in [-0.05, 0) is 62.1 Å². The van der Waals surface area contributed by atoms with Gasteiger partial charge in [0.25, 0.3) is 0 Å². The first-order valence-corrected chi connectivity index (χ1v) is 9.53. The minimum Gasteiger partial charge on any atom is -0.353 e. The van der Waals surface area contributed by atoms with Crippen LogP contribution in [0.4, 0.5) is 0 Å². The van der Waals surface area contributed by atoms with Crippen molar-refractivity contribution in [2.24, 2.45) is 17.6 Å². The smallest absolute Gasteiger partial charge is 0.223 e. The van der Waals surface area contributed by atoms with Crippen molar-refractivity contribution < 1.29 is 4.79 Å². The lowest BCUT2D eigenvalue weighted by Crippen LogP contribution is -2.43. The maximum absolute atomic E-state index is 12.8. The Bertz CT molecular complexity index is 516. The Morgan fingerprint density at radius 1 is 1.29 bits per heavy atom. The van der Waals surface area contributed by atoms with E-state index in [0.717, 1.165) is 43.0 Å². The van der Waals surface area contributed by atoms with Crippen molar-refractivity contribution in [2.75, 3.05) is 0 Å². The van der Waals surface area contributed by atoms with Crippen molar-refractivity contribution in [3.63, 3.8) is 0 Å². The van der Waals surface area contributed by atoms with Crippen molar-refractivity contribution in [2.45, 2.75) is 64.5 Å². The summed E-state index contributed by atoms with van der Waals surface area (Å²) in [6, 6.07) is 8.89. The van der Waals surface area contributed by atoms with Gasteiger partial charge >= 0.3 is 0 Å². The largest absolute Gasteiger partial charge is 0.353 e. The molecule has 1 amide bonds. The molecule has 0 aliphatic heterocycles. The number of hydrogen-bond acceptors (Lipinski definition) is 2. The van der Waals surface area contributed by atoms with Crippen LogP contribution in [0.25, 0.3) is 0 Å². The maximum Gasteiger partial charge on any atom is 0.223 e. The fourth-order valence-corrected chi connectivity index (χ4v) is 3.83. The van der Waals surface area contributed by atoms with Crippen molar-refractivity contribution in [3.05, 3.63) is 34.3 Å². The van der Waals surface area contributed by atoms with Crippen LogP contribution < -0.4 is 11.1 Å². The standard InChI is InChI=1S/C19H29BrN2O.ClH/c1-13(2)10-15(11-14-4-3-5-16(20)12-14)19(23)22-18-8-6-17(21)7-9-18;/h3-5,12-13,15,17-18H,6-11,21H2,1-2H3,(H,22,23);1H. The number of halogens is 2. The number of rotatable bonds is 6. The van der Waals surface area contributed by atoms with Gasteiger partial charge in [0.1, 0.15) is 0 Å². The summed E-state index contributed by atoms with van der Waals surface area (Å²) in [5, 5.41) is 3.27. The highest BCUT2D eigenvalue weighted by Crippen LogP contribution is 2.22. The molecule has 0 aromatic heterocycles. The fraction of sp³-hybridized carbons (Fsp3) is 0.632. The van der Waals surface area contributed by atoms with E-state index in [1.165, 1.54) is 5.56 Å². The molecule has 0 heterocycles. The highest BCUT2D eigenvalue weighted by atomic mass is 79.9. The number of benzene rings is 1. The lowest BCUT2D eigenvalue weighted by molar-refractivity contribution is -0.126. The number of hydrogen-bond donors (Lipinski definition) is 2. The van der Waals surface area contributed by atoms with Crippen LogP contribution in [0.5, 0.6) is 0 Å². The number of amides is 1. The normalized spacial score (nSPS) is 21.9. The van der Waals surface area contributed by atoms with Crippen LogP contribution in [0.2, 0.25) is 0 Å². The van der Waals surface area contributed by atoms with Crippen LogP contribution in [0.1, 0.15) is 51.5 Å². The zero-order chi connectivity index (χ0) is 16.8. The topological polar surface area (TPSA) is 55.1 Å². The zero-order valence-electron chi connectivity index (χ0n) is 14.6. The first-order valence-electron chi connectivity index (χ1n) is 8.74. The summed E-state index contributed by atoms with van der Waals surface area (Å²) in [4.78, 5) is 12.8. The van der Waals surface area contributed by atoms with Crippen LogP contribution in [0, 0.1) is 11.8 Å². The molecular formula is C19H30BrClN2O. The molecule has 1 unspecified atom stereocenters. The average molecular weight is 418 g/mol. The lowest BCUT2D eigenvalue weighted by Gasteiger charge is -2.29. The van der Waals surface area contributed by atoms with Crippen molar-refractivity contribution in [3.8, 4) is 0 Å². The third kappa shape index (κ3) is 7.12.